The van der Waals surface area contributed by atoms with Crippen LogP contribution >= 0.6 is 11.6 Å². The van der Waals surface area contributed by atoms with Gasteiger partial charge in [0.1, 0.15) is 0 Å². The SMILES string of the molecule is CC1CCCC(N(C)c2ccc(CCN)c(Cl)c2)C1. The Labute approximate surface area is 121 Å². The average molecular weight is 281 g/mol. The lowest BCUT2D eigenvalue weighted by Crippen LogP contribution is -2.35. The summed E-state index contributed by atoms with van der Waals surface area (Å²) in [7, 11) is 2.19. The first-order valence-electron chi connectivity index (χ1n) is 7.33. The Kier molecular flexibility index (Phi) is 5.12. The van der Waals surface area contributed by atoms with E-state index in [1.807, 2.05) is 0 Å². The molecule has 2 nitrogen and oxygen atoms in total. The fourth-order valence-electron chi connectivity index (χ4n) is 3.08. The Bertz CT molecular complexity index is 419. The molecule has 0 radical (unpaired) electrons. The quantitative estimate of drug-likeness (QED) is 0.907. The summed E-state index contributed by atoms with van der Waals surface area (Å²) in [5, 5.41) is 0.846. The Morgan fingerprint density at radius 2 is 2.16 bits per heavy atom. The molecule has 0 bridgehead atoms. The van der Waals surface area contributed by atoms with Crippen LogP contribution in [0.3, 0.4) is 0 Å². The largest absolute Gasteiger partial charge is 0.372 e. The van der Waals surface area contributed by atoms with Gasteiger partial charge < -0.3 is 10.6 Å². The molecule has 2 unspecified atom stereocenters. The van der Waals surface area contributed by atoms with Crippen molar-refractivity contribution in [3.63, 3.8) is 0 Å². The van der Waals surface area contributed by atoms with E-state index in [0.717, 1.165) is 22.9 Å². The van der Waals surface area contributed by atoms with Gasteiger partial charge in [-0.3, -0.25) is 0 Å². The number of nitrogens with two attached hydrogens (primary N) is 1. The summed E-state index contributed by atoms with van der Waals surface area (Å²) in [6.07, 6.45) is 6.15. The standard InChI is InChI=1S/C16H25ClN2/c1-12-4-3-5-14(10-12)19(2)15-7-6-13(8-9-18)16(17)11-15/h6-7,11-12,14H,3-5,8-10,18H2,1-2H3. The third kappa shape index (κ3) is 3.64. The topological polar surface area (TPSA) is 29.3 Å². The van der Waals surface area contributed by atoms with Gasteiger partial charge in [-0.1, -0.05) is 37.4 Å². The second-order valence-electron chi connectivity index (χ2n) is 5.85. The van der Waals surface area contributed by atoms with Crippen LogP contribution in [0.25, 0.3) is 0 Å². The number of hydrogen-bond acceptors (Lipinski definition) is 2. The smallest absolute Gasteiger partial charge is 0.0459 e. The number of rotatable bonds is 4. The van der Waals surface area contributed by atoms with Crippen molar-refractivity contribution in [1.82, 2.24) is 0 Å². The fraction of sp³-hybridized carbons (Fsp3) is 0.625. The molecule has 1 aliphatic carbocycles. The predicted octanol–water partition coefficient (Wildman–Crippen LogP) is 3.86. The fourth-order valence-corrected chi connectivity index (χ4v) is 3.35. The van der Waals surface area contributed by atoms with Crippen LogP contribution in [0, 0.1) is 5.92 Å². The molecule has 0 amide bonds. The molecule has 0 spiro atoms. The second-order valence-corrected chi connectivity index (χ2v) is 6.26. The molecule has 0 heterocycles. The Morgan fingerprint density at radius 3 is 2.79 bits per heavy atom. The van der Waals surface area contributed by atoms with Crippen LogP contribution in [0.1, 0.15) is 38.2 Å². The maximum atomic E-state index is 6.34. The van der Waals surface area contributed by atoms with Gasteiger partial charge in [0, 0.05) is 23.8 Å². The van der Waals surface area contributed by atoms with Crippen LogP contribution in [0.4, 0.5) is 5.69 Å². The highest BCUT2D eigenvalue weighted by Gasteiger charge is 2.22. The van der Waals surface area contributed by atoms with Crippen molar-refractivity contribution < 1.29 is 0 Å². The van der Waals surface area contributed by atoms with Crippen molar-refractivity contribution in [1.29, 1.82) is 0 Å². The third-order valence-electron chi connectivity index (χ3n) is 4.31. The minimum Gasteiger partial charge on any atom is -0.372 e. The van der Waals surface area contributed by atoms with Crippen molar-refractivity contribution in [3.8, 4) is 0 Å². The zero-order chi connectivity index (χ0) is 13.8. The minimum absolute atomic E-state index is 0.648. The molecule has 3 heteroatoms. The van der Waals surface area contributed by atoms with Crippen LogP contribution in [-0.2, 0) is 6.42 Å². The highest BCUT2D eigenvalue weighted by molar-refractivity contribution is 6.31. The molecule has 1 aromatic carbocycles. The van der Waals surface area contributed by atoms with E-state index in [4.69, 9.17) is 17.3 Å². The lowest BCUT2D eigenvalue weighted by Gasteiger charge is -2.35. The van der Waals surface area contributed by atoms with Crippen molar-refractivity contribution in [2.24, 2.45) is 11.7 Å². The maximum absolute atomic E-state index is 6.34. The van der Waals surface area contributed by atoms with E-state index in [-0.39, 0.29) is 0 Å². The van der Waals surface area contributed by atoms with E-state index < -0.39 is 0 Å². The van der Waals surface area contributed by atoms with E-state index >= 15 is 0 Å². The van der Waals surface area contributed by atoms with Crippen LogP contribution in [-0.4, -0.2) is 19.6 Å². The summed E-state index contributed by atoms with van der Waals surface area (Å²) in [6, 6.07) is 7.04. The van der Waals surface area contributed by atoms with Gasteiger partial charge in [-0.05, 0) is 49.4 Å². The van der Waals surface area contributed by atoms with E-state index in [2.05, 4.69) is 37.1 Å². The highest BCUT2D eigenvalue weighted by atomic mass is 35.5. The second kappa shape index (κ2) is 6.62. The molecule has 1 aliphatic rings. The number of nitrogens with zero attached hydrogens (tertiary/aromatic N) is 1. The van der Waals surface area contributed by atoms with E-state index in [1.165, 1.54) is 31.4 Å². The van der Waals surface area contributed by atoms with Gasteiger partial charge in [0.25, 0.3) is 0 Å². The Morgan fingerprint density at radius 1 is 1.37 bits per heavy atom. The van der Waals surface area contributed by atoms with Gasteiger partial charge in [-0.25, -0.2) is 0 Å². The first-order valence-corrected chi connectivity index (χ1v) is 7.71. The molecular weight excluding hydrogens is 256 g/mol. The average Bonchev–Trinajstić information content (AvgIpc) is 2.40. The number of benzene rings is 1. The lowest BCUT2D eigenvalue weighted by atomic mass is 9.86. The van der Waals surface area contributed by atoms with Gasteiger partial charge in [-0.15, -0.1) is 0 Å². The zero-order valence-electron chi connectivity index (χ0n) is 12.0. The van der Waals surface area contributed by atoms with Gasteiger partial charge in [0.05, 0.1) is 0 Å². The third-order valence-corrected chi connectivity index (χ3v) is 4.67. The minimum atomic E-state index is 0.648. The Hall–Kier alpha value is -0.730. The van der Waals surface area contributed by atoms with E-state index in [9.17, 15) is 0 Å². The summed E-state index contributed by atoms with van der Waals surface area (Å²) < 4.78 is 0. The molecule has 0 saturated heterocycles. The monoisotopic (exact) mass is 280 g/mol. The van der Waals surface area contributed by atoms with Crippen molar-refractivity contribution >= 4 is 17.3 Å². The van der Waals surface area contributed by atoms with E-state index in [0.29, 0.717) is 12.6 Å². The zero-order valence-corrected chi connectivity index (χ0v) is 12.8. The number of anilines is 1. The molecule has 1 aromatic rings. The number of hydrogen-bond donors (Lipinski definition) is 1. The summed E-state index contributed by atoms with van der Waals surface area (Å²) >= 11 is 6.34. The van der Waals surface area contributed by atoms with Gasteiger partial charge in [0.15, 0.2) is 0 Å². The molecule has 106 valence electrons. The van der Waals surface area contributed by atoms with Crippen molar-refractivity contribution in [2.45, 2.75) is 45.1 Å². The molecule has 2 atom stereocenters. The van der Waals surface area contributed by atoms with Crippen LogP contribution in [0.5, 0.6) is 0 Å². The first kappa shape index (κ1) is 14.7. The highest BCUT2D eigenvalue weighted by Crippen LogP contribution is 2.31. The van der Waals surface area contributed by atoms with Gasteiger partial charge in [0.2, 0.25) is 0 Å². The first-order chi connectivity index (χ1) is 9.11. The van der Waals surface area contributed by atoms with Gasteiger partial charge in [-0.2, -0.15) is 0 Å². The molecule has 1 fully saturated rings. The number of halogens is 1. The molecule has 2 rings (SSSR count). The van der Waals surface area contributed by atoms with Crippen LogP contribution < -0.4 is 10.6 Å². The van der Waals surface area contributed by atoms with Crippen LogP contribution in [0.15, 0.2) is 18.2 Å². The van der Waals surface area contributed by atoms with Gasteiger partial charge >= 0.3 is 0 Å². The lowest BCUT2D eigenvalue weighted by molar-refractivity contribution is 0.336. The summed E-state index contributed by atoms with van der Waals surface area (Å²) in [5.41, 5.74) is 7.97. The summed E-state index contributed by atoms with van der Waals surface area (Å²) in [6.45, 7) is 3.01. The maximum Gasteiger partial charge on any atom is 0.0459 e. The summed E-state index contributed by atoms with van der Waals surface area (Å²) in [4.78, 5) is 2.40. The van der Waals surface area contributed by atoms with Crippen molar-refractivity contribution in [3.05, 3.63) is 28.8 Å². The molecule has 0 aromatic heterocycles. The normalized spacial score (nSPS) is 23.4. The Balaban J connectivity index is 2.10. The molecule has 19 heavy (non-hydrogen) atoms. The summed E-state index contributed by atoms with van der Waals surface area (Å²) in [5.74, 6) is 0.841. The molecule has 0 aliphatic heterocycles. The predicted molar refractivity (Wildman–Crippen MR) is 84.0 cm³/mol. The molecule has 2 N–H and O–H groups in total. The van der Waals surface area contributed by atoms with Crippen LogP contribution in [0.2, 0.25) is 5.02 Å². The van der Waals surface area contributed by atoms with E-state index in [1.54, 1.807) is 0 Å². The molecule has 1 saturated carbocycles. The van der Waals surface area contributed by atoms with Crippen molar-refractivity contribution in [2.75, 3.05) is 18.5 Å². The molecular formula is C16H25ClN2.